The fourth-order valence-corrected chi connectivity index (χ4v) is 1.95. The van der Waals surface area contributed by atoms with Crippen molar-refractivity contribution in [1.29, 1.82) is 0 Å². The minimum Gasteiger partial charge on any atom is -0.396 e. The summed E-state index contributed by atoms with van der Waals surface area (Å²) in [6, 6.07) is 4.73. The Bertz CT molecular complexity index is 654. The molecule has 0 aliphatic carbocycles. The van der Waals surface area contributed by atoms with Crippen LogP contribution in [0.4, 0.5) is 10.1 Å². The van der Waals surface area contributed by atoms with Gasteiger partial charge in [0.25, 0.3) is 5.56 Å². The highest BCUT2D eigenvalue weighted by Gasteiger charge is 2.10. The Labute approximate surface area is 111 Å². The zero-order valence-electron chi connectivity index (χ0n) is 9.65. The lowest BCUT2D eigenvalue weighted by Crippen LogP contribution is -2.25. The van der Waals surface area contributed by atoms with E-state index in [4.69, 9.17) is 5.73 Å². The Morgan fingerprint density at radius 2 is 2.22 bits per heavy atom. The van der Waals surface area contributed by atoms with Crippen molar-refractivity contribution < 1.29 is 4.39 Å². The Kier molecular flexibility index (Phi) is 3.47. The lowest BCUT2D eigenvalue weighted by Gasteiger charge is -2.10. The minimum atomic E-state index is -0.497. The van der Waals surface area contributed by atoms with Crippen molar-refractivity contribution in [3.8, 4) is 0 Å². The SMILES string of the molecule is Cc1ncc(Br)c(=O)n1Cc1cccc(N)c1F. The number of nitrogen functional groups attached to an aromatic ring is 1. The normalized spacial score (nSPS) is 10.6. The standard InChI is InChI=1S/C12H11BrFN3O/c1-7-16-5-9(13)12(18)17(7)6-8-3-2-4-10(15)11(8)14/h2-5H,6,15H2,1H3. The van der Waals surface area contributed by atoms with E-state index in [0.29, 0.717) is 15.9 Å². The van der Waals surface area contributed by atoms with E-state index in [2.05, 4.69) is 20.9 Å². The quantitative estimate of drug-likeness (QED) is 0.864. The first-order chi connectivity index (χ1) is 8.50. The van der Waals surface area contributed by atoms with Gasteiger partial charge in [-0.05, 0) is 28.9 Å². The summed E-state index contributed by atoms with van der Waals surface area (Å²) in [4.78, 5) is 16.0. The van der Waals surface area contributed by atoms with E-state index in [0.717, 1.165) is 0 Å². The van der Waals surface area contributed by atoms with Crippen LogP contribution in [0.1, 0.15) is 11.4 Å². The molecule has 2 aromatic rings. The Morgan fingerprint density at radius 3 is 2.94 bits per heavy atom. The van der Waals surface area contributed by atoms with Crippen molar-refractivity contribution in [1.82, 2.24) is 9.55 Å². The van der Waals surface area contributed by atoms with Crippen LogP contribution >= 0.6 is 15.9 Å². The average molecular weight is 312 g/mol. The van der Waals surface area contributed by atoms with E-state index in [1.54, 1.807) is 19.1 Å². The average Bonchev–Trinajstić information content (AvgIpc) is 2.35. The Morgan fingerprint density at radius 1 is 1.50 bits per heavy atom. The number of hydrogen-bond acceptors (Lipinski definition) is 3. The highest BCUT2D eigenvalue weighted by molar-refractivity contribution is 9.10. The van der Waals surface area contributed by atoms with Gasteiger partial charge in [-0.3, -0.25) is 9.36 Å². The van der Waals surface area contributed by atoms with Gasteiger partial charge in [0, 0.05) is 11.8 Å². The molecule has 0 bridgehead atoms. The summed E-state index contributed by atoms with van der Waals surface area (Å²) in [5.41, 5.74) is 5.68. The van der Waals surface area contributed by atoms with Crippen LogP contribution < -0.4 is 11.3 Å². The molecule has 4 nitrogen and oxygen atoms in total. The highest BCUT2D eigenvalue weighted by Crippen LogP contribution is 2.15. The molecule has 0 saturated heterocycles. The van der Waals surface area contributed by atoms with Gasteiger partial charge in [0.2, 0.25) is 0 Å². The predicted molar refractivity (Wildman–Crippen MR) is 70.8 cm³/mol. The minimum absolute atomic E-state index is 0.0705. The van der Waals surface area contributed by atoms with Crippen LogP contribution in [-0.4, -0.2) is 9.55 Å². The molecule has 0 amide bonds. The fraction of sp³-hybridized carbons (Fsp3) is 0.167. The molecule has 0 aliphatic rings. The lowest BCUT2D eigenvalue weighted by molar-refractivity contribution is 0.593. The number of benzene rings is 1. The second-order valence-corrected chi connectivity index (χ2v) is 4.72. The molecular formula is C12H11BrFN3O. The number of aromatic nitrogens is 2. The van der Waals surface area contributed by atoms with Crippen molar-refractivity contribution in [2.45, 2.75) is 13.5 Å². The molecule has 94 valence electrons. The molecule has 1 heterocycles. The van der Waals surface area contributed by atoms with Gasteiger partial charge in [0.1, 0.15) is 10.3 Å². The van der Waals surface area contributed by atoms with Crippen LogP contribution in [0.2, 0.25) is 0 Å². The molecule has 0 radical (unpaired) electrons. The maximum Gasteiger partial charge on any atom is 0.268 e. The maximum atomic E-state index is 13.8. The van der Waals surface area contributed by atoms with Gasteiger partial charge in [-0.15, -0.1) is 0 Å². The van der Waals surface area contributed by atoms with Crippen molar-refractivity contribution in [2.24, 2.45) is 0 Å². The monoisotopic (exact) mass is 311 g/mol. The number of rotatable bonds is 2. The molecule has 6 heteroatoms. The summed E-state index contributed by atoms with van der Waals surface area (Å²) in [5, 5.41) is 0. The summed E-state index contributed by atoms with van der Waals surface area (Å²) >= 11 is 3.11. The van der Waals surface area contributed by atoms with Crippen molar-refractivity contribution in [3.05, 3.63) is 56.4 Å². The molecule has 0 fully saturated rings. The molecule has 2 N–H and O–H groups in total. The number of nitrogens with two attached hydrogens (primary N) is 1. The fourth-order valence-electron chi connectivity index (χ4n) is 1.63. The Balaban J connectivity index is 2.50. The largest absolute Gasteiger partial charge is 0.396 e. The van der Waals surface area contributed by atoms with E-state index in [9.17, 15) is 9.18 Å². The summed E-state index contributed by atoms with van der Waals surface area (Å²) in [5.74, 6) is 0.0220. The number of aryl methyl sites for hydroxylation is 1. The van der Waals surface area contributed by atoms with E-state index in [1.165, 1.54) is 16.8 Å². The molecular weight excluding hydrogens is 301 g/mol. The molecule has 0 spiro atoms. The lowest BCUT2D eigenvalue weighted by atomic mass is 10.2. The second kappa shape index (κ2) is 4.89. The Hall–Kier alpha value is -1.69. The number of anilines is 1. The molecule has 1 aromatic heterocycles. The van der Waals surface area contributed by atoms with Gasteiger partial charge in [-0.2, -0.15) is 0 Å². The molecule has 0 saturated carbocycles. The second-order valence-electron chi connectivity index (χ2n) is 3.86. The van der Waals surface area contributed by atoms with E-state index in [1.807, 2.05) is 0 Å². The van der Waals surface area contributed by atoms with Crippen LogP contribution in [0.25, 0.3) is 0 Å². The van der Waals surface area contributed by atoms with E-state index in [-0.39, 0.29) is 17.8 Å². The van der Waals surface area contributed by atoms with Crippen LogP contribution in [0.5, 0.6) is 0 Å². The summed E-state index contributed by atoms with van der Waals surface area (Å²) in [6.45, 7) is 1.80. The summed E-state index contributed by atoms with van der Waals surface area (Å²) in [7, 11) is 0. The zero-order chi connectivity index (χ0) is 13.3. The van der Waals surface area contributed by atoms with Gasteiger partial charge < -0.3 is 5.73 Å². The van der Waals surface area contributed by atoms with Crippen molar-refractivity contribution in [2.75, 3.05) is 5.73 Å². The highest BCUT2D eigenvalue weighted by atomic mass is 79.9. The smallest absolute Gasteiger partial charge is 0.268 e. The van der Waals surface area contributed by atoms with Crippen molar-refractivity contribution in [3.63, 3.8) is 0 Å². The van der Waals surface area contributed by atoms with Gasteiger partial charge in [0.05, 0.1) is 12.2 Å². The first kappa shape index (κ1) is 12.8. The summed E-state index contributed by atoms with van der Waals surface area (Å²) < 4.78 is 15.5. The molecule has 1 aromatic carbocycles. The topological polar surface area (TPSA) is 60.9 Å². The van der Waals surface area contributed by atoms with Crippen LogP contribution in [0, 0.1) is 12.7 Å². The van der Waals surface area contributed by atoms with E-state index < -0.39 is 5.82 Å². The first-order valence-electron chi connectivity index (χ1n) is 5.25. The van der Waals surface area contributed by atoms with Gasteiger partial charge >= 0.3 is 0 Å². The van der Waals surface area contributed by atoms with Gasteiger partial charge in [-0.25, -0.2) is 9.37 Å². The summed E-state index contributed by atoms with van der Waals surface area (Å²) in [6.07, 6.45) is 1.43. The number of hydrogen-bond donors (Lipinski definition) is 1. The third kappa shape index (κ3) is 2.28. The molecule has 0 atom stereocenters. The van der Waals surface area contributed by atoms with Gasteiger partial charge in [0.15, 0.2) is 5.82 Å². The molecule has 18 heavy (non-hydrogen) atoms. The zero-order valence-corrected chi connectivity index (χ0v) is 11.2. The predicted octanol–water partition coefficient (Wildman–Crippen LogP) is 2.08. The molecule has 0 unspecified atom stereocenters. The van der Waals surface area contributed by atoms with Crippen LogP contribution in [0.15, 0.2) is 33.7 Å². The van der Waals surface area contributed by atoms with Crippen LogP contribution in [0.3, 0.4) is 0 Å². The van der Waals surface area contributed by atoms with Crippen LogP contribution in [-0.2, 0) is 6.54 Å². The third-order valence-electron chi connectivity index (χ3n) is 2.64. The molecule has 0 aliphatic heterocycles. The number of nitrogens with zero attached hydrogens (tertiary/aromatic N) is 2. The van der Waals surface area contributed by atoms with E-state index >= 15 is 0 Å². The number of halogens is 2. The first-order valence-corrected chi connectivity index (χ1v) is 6.05. The molecule has 2 rings (SSSR count). The third-order valence-corrected chi connectivity index (χ3v) is 3.19. The maximum absolute atomic E-state index is 13.8. The van der Waals surface area contributed by atoms with Gasteiger partial charge in [-0.1, -0.05) is 12.1 Å². The van der Waals surface area contributed by atoms with Crippen molar-refractivity contribution >= 4 is 21.6 Å².